The number of aryl methyl sites for hydroxylation is 2. The summed E-state index contributed by atoms with van der Waals surface area (Å²) in [6, 6.07) is 12.7. The van der Waals surface area contributed by atoms with Gasteiger partial charge >= 0.3 is 0 Å². The Morgan fingerprint density at radius 1 is 1.22 bits per heavy atom. The Labute approximate surface area is 196 Å². The van der Waals surface area contributed by atoms with Gasteiger partial charge in [0, 0.05) is 17.8 Å². The van der Waals surface area contributed by atoms with E-state index >= 15 is 0 Å². The number of nitrogens with zero attached hydrogens (tertiary/aromatic N) is 2. The number of amides is 1. The van der Waals surface area contributed by atoms with E-state index in [0.29, 0.717) is 16.0 Å². The van der Waals surface area contributed by atoms with Crippen molar-refractivity contribution in [1.29, 1.82) is 0 Å². The van der Waals surface area contributed by atoms with Gasteiger partial charge in [-0.05, 0) is 111 Å². The van der Waals surface area contributed by atoms with Crippen molar-refractivity contribution >= 4 is 40.3 Å². The topological polar surface area (TPSA) is 44.7 Å². The molecule has 0 radical (unpaired) electrons. The van der Waals surface area contributed by atoms with Gasteiger partial charge in [0.25, 0.3) is 5.91 Å². The molecule has 1 unspecified atom stereocenters. The highest BCUT2D eigenvalue weighted by molar-refractivity contribution is 8.18. The van der Waals surface area contributed by atoms with E-state index in [9.17, 15) is 4.79 Å². The van der Waals surface area contributed by atoms with Crippen molar-refractivity contribution in [3.05, 3.63) is 63.6 Å². The maximum Gasteiger partial charge on any atom is 0.264 e. The molecule has 4 rings (SSSR count). The van der Waals surface area contributed by atoms with Gasteiger partial charge in [-0.2, -0.15) is 0 Å². The number of benzene rings is 2. The molecule has 0 saturated carbocycles. The first-order valence-electron chi connectivity index (χ1n) is 11.5. The number of carbonyl (C=O) groups is 1. The Morgan fingerprint density at radius 2 is 1.94 bits per heavy atom. The summed E-state index contributed by atoms with van der Waals surface area (Å²) in [6.07, 6.45) is 4.14. The molecule has 2 aliphatic rings. The quantitative estimate of drug-likeness (QED) is 0.540. The number of rotatable bonds is 4. The lowest BCUT2D eigenvalue weighted by Crippen LogP contribution is -2.48. The maximum atomic E-state index is 12.6. The van der Waals surface area contributed by atoms with Gasteiger partial charge in [-0.25, -0.2) is 4.99 Å². The second-order valence-corrected chi connectivity index (χ2v) is 10.5. The summed E-state index contributed by atoms with van der Waals surface area (Å²) in [5, 5.41) is 3.55. The second-order valence-electron chi connectivity index (χ2n) is 9.43. The van der Waals surface area contributed by atoms with Crippen molar-refractivity contribution in [2.75, 3.05) is 11.4 Å². The molecule has 1 N–H and O–H groups in total. The fourth-order valence-corrected chi connectivity index (χ4v) is 5.78. The van der Waals surface area contributed by atoms with Gasteiger partial charge in [0.2, 0.25) is 0 Å². The van der Waals surface area contributed by atoms with E-state index in [1.165, 1.54) is 34.1 Å². The Hall–Kier alpha value is -2.53. The van der Waals surface area contributed by atoms with E-state index in [2.05, 4.69) is 81.0 Å². The number of hydrogen-bond donors (Lipinski definition) is 1. The molecule has 168 valence electrons. The van der Waals surface area contributed by atoms with Crippen LogP contribution in [0.4, 0.5) is 11.4 Å². The van der Waals surface area contributed by atoms with Crippen LogP contribution in [-0.4, -0.2) is 23.2 Å². The zero-order chi connectivity index (χ0) is 23.0. The van der Waals surface area contributed by atoms with E-state index in [-0.39, 0.29) is 11.4 Å². The molecule has 0 aromatic heterocycles. The minimum atomic E-state index is -0.0829. The summed E-state index contributed by atoms with van der Waals surface area (Å²) in [4.78, 5) is 20.5. The number of fused-ring (bicyclic) bond motifs is 1. The van der Waals surface area contributed by atoms with E-state index in [1.807, 2.05) is 18.2 Å². The number of carbonyl (C=O) groups excluding carboxylic acids is 1. The van der Waals surface area contributed by atoms with Crippen LogP contribution in [0.15, 0.2) is 46.3 Å². The van der Waals surface area contributed by atoms with Crippen molar-refractivity contribution < 1.29 is 4.79 Å². The number of amidine groups is 1. The third kappa shape index (κ3) is 4.36. The van der Waals surface area contributed by atoms with Gasteiger partial charge < -0.3 is 10.2 Å². The van der Waals surface area contributed by atoms with Gasteiger partial charge in [-0.15, -0.1) is 0 Å². The molecule has 4 nitrogen and oxygen atoms in total. The van der Waals surface area contributed by atoms with Crippen molar-refractivity contribution in [2.45, 2.75) is 65.8 Å². The fourth-order valence-electron chi connectivity index (χ4n) is 4.95. The summed E-state index contributed by atoms with van der Waals surface area (Å²) < 4.78 is 0. The van der Waals surface area contributed by atoms with Crippen LogP contribution >= 0.6 is 11.8 Å². The molecule has 0 bridgehead atoms. The van der Waals surface area contributed by atoms with Crippen LogP contribution in [0, 0.1) is 6.92 Å². The Balaban J connectivity index is 1.63. The first-order valence-corrected chi connectivity index (χ1v) is 12.3. The lowest BCUT2D eigenvalue weighted by molar-refractivity contribution is -0.115. The summed E-state index contributed by atoms with van der Waals surface area (Å²) >= 11 is 1.41. The molecule has 2 aromatic carbocycles. The molecule has 1 amide bonds. The van der Waals surface area contributed by atoms with Gasteiger partial charge in [0.15, 0.2) is 5.17 Å². The molecular weight excluding hydrogens is 414 g/mol. The molecule has 2 aromatic rings. The van der Waals surface area contributed by atoms with Gasteiger partial charge in [0.1, 0.15) is 0 Å². The summed E-state index contributed by atoms with van der Waals surface area (Å²) in [6.45, 7) is 14.5. The molecule has 2 aliphatic heterocycles. The molecule has 32 heavy (non-hydrogen) atoms. The van der Waals surface area contributed by atoms with E-state index in [0.717, 1.165) is 30.6 Å². The predicted molar refractivity (Wildman–Crippen MR) is 138 cm³/mol. The van der Waals surface area contributed by atoms with Crippen molar-refractivity contribution in [3.8, 4) is 0 Å². The molecule has 1 fully saturated rings. The molecular formula is C27H33N3OS. The smallest absolute Gasteiger partial charge is 0.264 e. The Bertz CT molecular complexity index is 1100. The number of anilines is 1. The number of thioether (sulfide) groups is 1. The molecule has 2 heterocycles. The molecule has 0 spiro atoms. The number of nitrogens with one attached hydrogen (secondary N) is 1. The molecule has 1 saturated heterocycles. The summed E-state index contributed by atoms with van der Waals surface area (Å²) in [7, 11) is 0. The van der Waals surface area contributed by atoms with E-state index < -0.39 is 0 Å². The lowest BCUT2D eigenvalue weighted by Gasteiger charge is -2.47. The van der Waals surface area contributed by atoms with Crippen molar-refractivity contribution in [1.82, 2.24) is 5.32 Å². The summed E-state index contributed by atoms with van der Waals surface area (Å²) in [5.41, 5.74) is 7.28. The third-order valence-electron chi connectivity index (χ3n) is 6.60. The van der Waals surface area contributed by atoms with Crippen LogP contribution < -0.4 is 10.2 Å². The first kappa shape index (κ1) is 22.7. The average molecular weight is 448 g/mol. The second kappa shape index (κ2) is 8.78. The van der Waals surface area contributed by atoms with Gasteiger partial charge in [-0.3, -0.25) is 4.79 Å². The normalized spacial score (nSPS) is 22.4. The zero-order valence-corrected chi connectivity index (χ0v) is 20.8. The fraction of sp³-hybridized carbons (Fsp3) is 0.407. The minimum Gasteiger partial charge on any atom is -0.366 e. The highest BCUT2D eigenvalue weighted by Crippen LogP contribution is 2.44. The van der Waals surface area contributed by atoms with Crippen molar-refractivity contribution in [3.63, 3.8) is 0 Å². The molecule has 5 heteroatoms. The monoisotopic (exact) mass is 447 g/mol. The third-order valence-corrected chi connectivity index (χ3v) is 7.51. The first-order chi connectivity index (χ1) is 15.2. The predicted octanol–water partition coefficient (Wildman–Crippen LogP) is 6.56. The van der Waals surface area contributed by atoms with Gasteiger partial charge in [-0.1, -0.05) is 26.0 Å². The van der Waals surface area contributed by atoms with E-state index in [4.69, 9.17) is 0 Å². The number of aliphatic imine (C=N–C) groups is 1. The van der Waals surface area contributed by atoms with Crippen LogP contribution in [0.2, 0.25) is 0 Å². The van der Waals surface area contributed by atoms with Gasteiger partial charge in [0.05, 0.1) is 10.6 Å². The molecule has 0 aliphatic carbocycles. The highest BCUT2D eigenvalue weighted by atomic mass is 32.2. The standard InChI is InChI=1S/C27H33N3OS/c1-7-19-9-11-21(12-10-19)28-26-29-25(31)24(32-26)15-20-14-22-18(4)16-27(5,6)30(8-2)23(22)13-17(20)3/h9-15,18H,7-8,16H2,1-6H3,(H,28,29,31)/b24-15+. The van der Waals surface area contributed by atoms with Crippen LogP contribution in [-0.2, 0) is 11.2 Å². The van der Waals surface area contributed by atoms with E-state index in [1.54, 1.807) is 0 Å². The zero-order valence-electron chi connectivity index (χ0n) is 20.0. The highest BCUT2D eigenvalue weighted by Gasteiger charge is 2.35. The lowest BCUT2D eigenvalue weighted by atomic mass is 9.79. The summed E-state index contributed by atoms with van der Waals surface area (Å²) in [5.74, 6) is 0.397. The van der Waals surface area contributed by atoms with Crippen LogP contribution in [0.1, 0.15) is 69.2 Å². The number of hydrogen-bond acceptors (Lipinski definition) is 4. The van der Waals surface area contributed by atoms with Crippen LogP contribution in [0.25, 0.3) is 6.08 Å². The Kier molecular flexibility index (Phi) is 6.22. The van der Waals surface area contributed by atoms with Crippen molar-refractivity contribution in [2.24, 2.45) is 4.99 Å². The SMILES string of the molecule is CCc1ccc(N=C2NC(=O)/C(=C\c3cc4c(cc3C)N(CC)C(C)(C)CC4C)S2)cc1. The Morgan fingerprint density at radius 3 is 2.59 bits per heavy atom. The largest absolute Gasteiger partial charge is 0.366 e. The average Bonchev–Trinajstić information content (AvgIpc) is 3.08. The van der Waals surface area contributed by atoms with Crippen LogP contribution in [0.3, 0.4) is 0 Å². The van der Waals surface area contributed by atoms with Crippen LogP contribution in [0.5, 0.6) is 0 Å². The minimum absolute atomic E-state index is 0.0829. The molecule has 1 atom stereocenters. The maximum absolute atomic E-state index is 12.6.